The Bertz CT molecular complexity index is 569. The first kappa shape index (κ1) is 14.6. The third-order valence-electron chi connectivity index (χ3n) is 5.18. The van der Waals surface area contributed by atoms with Gasteiger partial charge in [-0.15, -0.1) is 0 Å². The van der Waals surface area contributed by atoms with Crippen LogP contribution in [-0.4, -0.2) is 17.5 Å². The van der Waals surface area contributed by atoms with Crippen molar-refractivity contribution in [1.82, 2.24) is 4.90 Å². The highest BCUT2D eigenvalue weighted by Gasteiger charge is 2.49. The highest BCUT2D eigenvalue weighted by molar-refractivity contribution is 5.26. The molecule has 21 heavy (non-hydrogen) atoms. The highest BCUT2D eigenvalue weighted by atomic mass is 15.2. The van der Waals surface area contributed by atoms with Crippen molar-refractivity contribution in [2.45, 2.75) is 59.0 Å². The van der Waals surface area contributed by atoms with Gasteiger partial charge in [-0.2, -0.15) is 5.26 Å². The summed E-state index contributed by atoms with van der Waals surface area (Å²) in [5.74, 6) is 0. The summed E-state index contributed by atoms with van der Waals surface area (Å²) in [7, 11) is 0. The van der Waals surface area contributed by atoms with Crippen LogP contribution in [0.1, 0.15) is 51.2 Å². The van der Waals surface area contributed by atoms with Gasteiger partial charge in [-0.25, -0.2) is 0 Å². The number of rotatable bonds is 3. The molecule has 2 nitrogen and oxygen atoms in total. The predicted molar refractivity (Wildman–Crippen MR) is 85.7 cm³/mol. The fourth-order valence-corrected chi connectivity index (χ4v) is 4.93. The Hall–Kier alpha value is -1.33. The monoisotopic (exact) mass is 282 g/mol. The van der Waals surface area contributed by atoms with Crippen LogP contribution < -0.4 is 0 Å². The molecule has 1 aromatic carbocycles. The van der Waals surface area contributed by atoms with E-state index in [0.29, 0.717) is 17.3 Å². The fraction of sp³-hybridized carbons (Fsp3) is 0.632. The predicted octanol–water partition coefficient (Wildman–Crippen LogP) is 4.15. The normalized spacial score (nSPS) is 31.0. The zero-order valence-electron chi connectivity index (χ0n) is 13.5. The summed E-state index contributed by atoms with van der Waals surface area (Å²) in [6.45, 7) is 9.58. The van der Waals surface area contributed by atoms with E-state index in [1.54, 1.807) is 0 Å². The average molecular weight is 282 g/mol. The molecular weight excluding hydrogens is 256 g/mol. The molecule has 2 atom stereocenters. The molecule has 2 bridgehead atoms. The Kier molecular flexibility index (Phi) is 3.58. The zero-order chi connectivity index (χ0) is 15.1. The van der Waals surface area contributed by atoms with Crippen LogP contribution in [0.15, 0.2) is 24.3 Å². The summed E-state index contributed by atoms with van der Waals surface area (Å²) in [5.41, 5.74) is 3.48. The van der Waals surface area contributed by atoms with E-state index >= 15 is 0 Å². The summed E-state index contributed by atoms with van der Waals surface area (Å²) < 4.78 is 0. The molecular formula is C19H26N2. The molecule has 1 heterocycles. The topological polar surface area (TPSA) is 27.0 Å². The van der Waals surface area contributed by atoms with E-state index in [9.17, 15) is 0 Å². The lowest BCUT2D eigenvalue weighted by molar-refractivity contribution is 0.126. The number of likely N-dealkylation sites (tertiary alicyclic amines) is 1. The van der Waals surface area contributed by atoms with Crippen molar-refractivity contribution < 1.29 is 0 Å². The summed E-state index contributed by atoms with van der Waals surface area (Å²) >= 11 is 0. The summed E-state index contributed by atoms with van der Waals surface area (Å²) in [6, 6.07) is 11.5. The van der Waals surface area contributed by atoms with Gasteiger partial charge in [-0.05, 0) is 41.2 Å². The van der Waals surface area contributed by atoms with Crippen molar-refractivity contribution in [1.29, 1.82) is 5.26 Å². The van der Waals surface area contributed by atoms with Crippen LogP contribution in [0.2, 0.25) is 0 Å². The number of nitriles is 1. The molecule has 2 heteroatoms. The van der Waals surface area contributed by atoms with Crippen LogP contribution >= 0.6 is 0 Å². The summed E-state index contributed by atoms with van der Waals surface area (Å²) in [4.78, 5) is 2.68. The van der Waals surface area contributed by atoms with Gasteiger partial charge in [0, 0.05) is 19.1 Å². The SMILES string of the molecule is CC1(C)CC2CC(C)(CN2Cc2cccc(CC#N)c2)C1. The molecule has 1 aliphatic carbocycles. The van der Waals surface area contributed by atoms with Crippen LogP contribution in [0.5, 0.6) is 0 Å². The van der Waals surface area contributed by atoms with E-state index in [1.807, 2.05) is 0 Å². The Morgan fingerprint density at radius 1 is 1.24 bits per heavy atom. The number of hydrogen-bond donors (Lipinski definition) is 0. The van der Waals surface area contributed by atoms with Crippen molar-refractivity contribution in [3.63, 3.8) is 0 Å². The molecule has 0 radical (unpaired) electrons. The minimum absolute atomic E-state index is 0.481. The molecule has 112 valence electrons. The van der Waals surface area contributed by atoms with Crippen LogP contribution in [0.3, 0.4) is 0 Å². The molecule has 1 saturated heterocycles. The van der Waals surface area contributed by atoms with Crippen LogP contribution in [-0.2, 0) is 13.0 Å². The maximum absolute atomic E-state index is 8.85. The fourth-order valence-electron chi connectivity index (χ4n) is 4.93. The number of benzene rings is 1. The minimum Gasteiger partial charge on any atom is -0.296 e. The van der Waals surface area contributed by atoms with Crippen molar-refractivity contribution in [3.05, 3.63) is 35.4 Å². The van der Waals surface area contributed by atoms with E-state index in [-0.39, 0.29) is 0 Å². The van der Waals surface area contributed by atoms with Crippen LogP contribution in [0.4, 0.5) is 0 Å². The second-order valence-electron chi connectivity index (χ2n) is 8.27. The van der Waals surface area contributed by atoms with Crippen molar-refractivity contribution in [2.75, 3.05) is 6.54 Å². The van der Waals surface area contributed by atoms with Gasteiger partial charge in [-0.3, -0.25) is 4.90 Å². The number of fused-ring (bicyclic) bond motifs is 2. The summed E-state index contributed by atoms with van der Waals surface area (Å²) in [5, 5.41) is 8.85. The van der Waals surface area contributed by atoms with Gasteiger partial charge in [0.15, 0.2) is 0 Å². The lowest BCUT2D eigenvalue weighted by Gasteiger charge is -2.40. The van der Waals surface area contributed by atoms with E-state index in [1.165, 1.54) is 31.4 Å². The summed E-state index contributed by atoms with van der Waals surface area (Å²) in [6.07, 6.45) is 4.54. The second kappa shape index (κ2) is 5.14. The van der Waals surface area contributed by atoms with Gasteiger partial charge >= 0.3 is 0 Å². The molecule has 0 spiro atoms. The van der Waals surface area contributed by atoms with Gasteiger partial charge in [0.2, 0.25) is 0 Å². The molecule has 2 aliphatic rings. The quantitative estimate of drug-likeness (QED) is 0.832. The van der Waals surface area contributed by atoms with Gasteiger partial charge in [0.05, 0.1) is 12.5 Å². The smallest absolute Gasteiger partial charge is 0.0669 e. The van der Waals surface area contributed by atoms with Gasteiger partial charge in [0.25, 0.3) is 0 Å². The molecule has 0 amide bonds. The second-order valence-corrected chi connectivity index (χ2v) is 8.27. The van der Waals surface area contributed by atoms with E-state index in [0.717, 1.165) is 18.2 Å². The van der Waals surface area contributed by atoms with Crippen molar-refractivity contribution in [2.24, 2.45) is 10.8 Å². The Balaban J connectivity index is 1.75. The van der Waals surface area contributed by atoms with Gasteiger partial charge in [-0.1, -0.05) is 45.0 Å². The highest BCUT2D eigenvalue weighted by Crippen LogP contribution is 2.52. The average Bonchev–Trinajstić information content (AvgIpc) is 2.59. The van der Waals surface area contributed by atoms with Gasteiger partial charge < -0.3 is 0 Å². The van der Waals surface area contributed by atoms with Gasteiger partial charge in [0.1, 0.15) is 0 Å². The molecule has 0 aromatic heterocycles. The Labute approximate surface area is 128 Å². The van der Waals surface area contributed by atoms with E-state index in [2.05, 4.69) is 56.0 Å². The molecule has 3 rings (SSSR count). The first-order valence-electron chi connectivity index (χ1n) is 8.08. The third kappa shape index (κ3) is 3.14. The first-order valence-corrected chi connectivity index (χ1v) is 8.08. The Morgan fingerprint density at radius 3 is 2.76 bits per heavy atom. The molecule has 1 saturated carbocycles. The first-order chi connectivity index (χ1) is 9.89. The van der Waals surface area contributed by atoms with Crippen LogP contribution in [0.25, 0.3) is 0 Å². The third-order valence-corrected chi connectivity index (χ3v) is 5.18. The maximum Gasteiger partial charge on any atom is 0.0669 e. The van der Waals surface area contributed by atoms with E-state index < -0.39 is 0 Å². The standard InChI is InChI=1S/C19H26N2/c1-18(2)10-17-11-19(3,13-18)14-21(17)12-16-6-4-5-15(9-16)7-8-20/h4-6,9,17H,7,10-14H2,1-3H3. The lowest BCUT2D eigenvalue weighted by atomic mass is 9.65. The molecule has 1 aromatic rings. The minimum atomic E-state index is 0.481. The number of nitrogens with zero attached hydrogens (tertiary/aromatic N) is 2. The Morgan fingerprint density at radius 2 is 2.00 bits per heavy atom. The largest absolute Gasteiger partial charge is 0.296 e. The molecule has 2 fully saturated rings. The lowest BCUT2D eigenvalue weighted by Crippen LogP contribution is -2.34. The maximum atomic E-state index is 8.85. The van der Waals surface area contributed by atoms with Crippen molar-refractivity contribution in [3.8, 4) is 6.07 Å². The van der Waals surface area contributed by atoms with Crippen molar-refractivity contribution >= 4 is 0 Å². The molecule has 1 aliphatic heterocycles. The molecule has 0 N–H and O–H groups in total. The van der Waals surface area contributed by atoms with Crippen LogP contribution in [0, 0.1) is 22.2 Å². The molecule has 2 unspecified atom stereocenters. The van der Waals surface area contributed by atoms with E-state index in [4.69, 9.17) is 5.26 Å². The zero-order valence-corrected chi connectivity index (χ0v) is 13.5. The number of hydrogen-bond acceptors (Lipinski definition) is 2.